The molecule has 1 aromatic rings. The number of ether oxygens (including phenoxy) is 1. The molecule has 1 unspecified atom stereocenters. The number of nitrogens with zero attached hydrogens (tertiary/aromatic N) is 2. The third kappa shape index (κ3) is 2.79. The molecule has 0 aromatic carbocycles. The molecule has 1 aromatic heterocycles. The van der Waals surface area contributed by atoms with E-state index in [4.69, 9.17) is 22.1 Å². The normalized spacial score (nSPS) is 19.9. The largest absolute Gasteiger partial charge is 0.393 e. The van der Waals surface area contributed by atoms with Crippen molar-refractivity contribution in [2.24, 2.45) is 0 Å². The highest BCUT2D eigenvalue weighted by molar-refractivity contribution is 6.32. The molecule has 1 aliphatic heterocycles. The van der Waals surface area contributed by atoms with Gasteiger partial charge in [-0.1, -0.05) is 11.6 Å². The maximum absolute atomic E-state index is 6.01. The molecule has 0 aliphatic carbocycles. The third-order valence-corrected chi connectivity index (χ3v) is 2.85. The molecule has 3 N–H and O–H groups in total. The van der Waals surface area contributed by atoms with Gasteiger partial charge in [0.15, 0.2) is 16.8 Å². The molecule has 1 saturated heterocycles. The SMILES string of the molecule is CC(C)Nc1nc(C2CCCO2)nc(Cl)c1N. The van der Waals surface area contributed by atoms with Gasteiger partial charge in [0, 0.05) is 12.6 Å². The van der Waals surface area contributed by atoms with Crippen molar-refractivity contribution < 1.29 is 4.74 Å². The molecule has 1 fully saturated rings. The minimum atomic E-state index is -0.0548. The number of hydrogen-bond donors (Lipinski definition) is 2. The third-order valence-electron chi connectivity index (χ3n) is 2.56. The van der Waals surface area contributed by atoms with Crippen LogP contribution in [-0.4, -0.2) is 22.6 Å². The van der Waals surface area contributed by atoms with E-state index in [0.29, 0.717) is 17.3 Å². The van der Waals surface area contributed by atoms with Crippen molar-refractivity contribution in [2.45, 2.75) is 38.8 Å². The Morgan fingerprint density at radius 1 is 1.47 bits per heavy atom. The second-order valence-electron chi connectivity index (χ2n) is 4.44. The van der Waals surface area contributed by atoms with E-state index in [1.807, 2.05) is 13.8 Å². The number of nitrogens with one attached hydrogen (secondary N) is 1. The first-order valence-electron chi connectivity index (χ1n) is 5.79. The van der Waals surface area contributed by atoms with Crippen molar-refractivity contribution in [1.29, 1.82) is 0 Å². The number of hydrogen-bond acceptors (Lipinski definition) is 5. The number of halogens is 1. The molecule has 5 nitrogen and oxygen atoms in total. The monoisotopic (exact) mass is 256 g/mol. The van der Waals surface area contributed by atoms with E-state index in [0.717, 1.165) is 19.4 Å². The van der Waals surface area contributed by atoms with Crippen LogP contribution in [0.15, 0.2) is 0 Å². The van der Waals surface area contributed by atoms with Crippen molar-refractivity contribution in [3.63, 3.8) is 0 Å². The van der Waals surface area contributed by atoms with Gasteiger partial charge in [-0.15, -0.1) is 0 Å². The van der Waals surface area contributed by atoms with Gasteiger partial charge in [0.2, 0.25) is 0 Å². The fourth-order valence-electron chi connectivity index (χ4n) is 1.77. The molecule has 0 saturated carbocycles. The highest BCUT2D eigenvalue weighted by Crippen LogP contribution is 2.31. The number of nitrogen functional groups attached to an aromatic ring is 1. The minimum Gasteiger partial charge on any atom is -0.393 e. The highest BCUT2D eigenvalue weighted by atomic mass is 35.5. The highest BCUT2D eigenvalue weighted by Gasteiger charge is 2.23. The van der Waals surface area contributed by atoms with E-state index in [9.17, 15) is 0 Å². The molecule has 1 atom stereocenters. The van der Waals surface area contributed by atoms with E-state index in [1.165, 1.54) is 0 Å². The Hall–Kier alpha value is -1.07. The predicted molar refractivity (Wildman–Crippen MR) is 68.1 cm³/mol. The molecule has 0 radical (unpaired) electrons. The summed E-state index contributed by atoms with van der Waals surface area (Å²) in [6, 6.07) is 0.237. The first kappa shape index (κ1) is 12.4. The van der Waals surface area contributed by atoms with Gasteiger partial charge in [-0.25, -0.2) is 9.97 Å². The van der Waals surface area contributed by atoms with Gasteiger partial charge in [-0.05, 0) is 26.7 Å². The molecular formula is C11H17ClN4O. The lowest BCUT2D eigenvalue weighted by Crippen LogP contribution is -2.16. The fourth-order valence-corrected chi connectivity index (χ4v) is 1.94. The second kappa shape index (κ2) is 5.06. The summed E-state index contributed by atoms with van der Waals surface area (Å²) in [5.41, 5.74) is 6.23. The van der Waals surface area contributed by atoms with Crippen LogP contribution >= 0.6 is 11.6 Å². The van der Waals surface area contributed by atoms with Gasteiger partial charge >= 0.3 is 0 Å². The number of nitrogens with two attached hydrogens (primary N) is 1. The van der Waals surface area contributed by atoms with Crippen molar-refractivity contribution >= 4 is 23.1 Å². The van der Waals surface area contributed by atoms with Gasteiger partial charge in [-0.2, -0.15) is 0 Å². The van der Waals surface area contributed by atoms with Crippen LogP contribution in [0, 0.1) is 0 Å². The Balaban J connectivity index is 2.31. The van der Waals surface area contributed by atoms with Crippen LogP contribution in [0.3, 0.4) is 0 Å². The van der Waals surface area contributed by atoms with Crippen LogP contribution in [0.2, 0.25) is 5.15 Å². The smallest absolute Gasteiger partial charge is 0.161 e. The molecule has 17 heavy (non-hydrogen) atoms. The van der Waals surface area contributed by atoms with Gasteiger partial charge < -0.3 is 15.8 Å². The number of anilines is 2. The number of aromatic nitrogens is 2. The molecule has 0 spiro atoms. The van der Waals surface area contributed by atoms with Crippen LogP contribution in [0.25, 0.3) is 0 Å². The summed E-state index contributed by atoms with van der Waals surface area (Å²) in [5, 5.41) is 3.45. The summed E-state index contributed by atoms with van der Waals surface area (Å²) in [5.74, 6) is 1.20. The van der Waals surface area contributed by atoms with Crippen molar-refractivity contribution in [2.75, 3.05) is 17.7 Å². The Labute approximate surface area is 106 Å². The van der Waals surface area contributed by atoms with Gasteiger partial charge in [0.05, 0.1) is 0 Å². The average molecular weight is 257 g/mol. The van der Waals surface area contributed by atoms with E-state index in [2.05, 4.69) is 15.3 Å². The van der Waals surface area contributed by atoms with E-state index < -0.39 is 0 Å². The van der Waals surface area contributed by atoms with Crippen LogP contribution in [0.5, 0.6) is 0 Å². The zero-order chi connectivity index (χ0) is 12.4. The summed E-state index contributed by atoms with van der Waals surface area (Å²) in [6.45, 7) is 4.78. The Morgan fingerprint density at radius 2 is 2.24 bits per heavy atom. The molecule has 1 aliphatic rings. The molecule has 2 rings (SSSR count). The predicted octanol–water partition coefficient (Wildman–Crippen LogP) is 2.38. The lowest BCUT2D eigenvalue weighted by molar-refractivity contribution is 0.105. The van der Waals surface area contributed by atoms with Crippen molar-refractivity contribution in [3.8, 4) is 0 Å². The Bertz CT molecular complexity index is 405. The maximum Gasteiger partial charge on any atom is 0.161 e. The fraction of sp³-hybridized carbons (Fsp3) is 0.636. The van der Waals surface area contributed by atoms with Crippen LogP contribution < -0.4 is 11.1 Å². The maximum atomic E-state index is 6.01. The molecule has 2 heterocycles. The van der Waals surface area contributed by atoms with Crippen LogP contribution in [0.1, 0.15) is 38.6 Å². The standard InChI is InChI=1S/C11H17ClN4O/c1-6(2)14-11-8(13)9(12)15-10(16-11)7-4-3-5-17-7/h6-7H,3-5,13H2,1-2H3,(H,14,15,16). The van der Waals surface area contributed by atoms with Gasteiger partial charge in [0.1, 0.15) is 11.8 Å². The summed E-state index contributed by atoms with van der Waals surface area (Å²) < 4.78 is 5.54. The Kier molecular flexibility index (Phi) is 3.69. The summed E-state index contributed by atoms with van der Waals surface area (Å²) in [4.78, 5) is 8.59. The van der Waals surface area contributed by atoms with Crippen LogP contribution in [-0.2, 0) is 4.74 Å². The minimum absolute atomic E-state index is 0.0548. The zero-order valence-electron chi connectivity index (χ0n) is 10.0. The quantitative estimate of drug-likeness (QED) is 0.813. The molecule has 94 valence electrons. The first-order chi connectivity index (χ1) is 8.08. The summed E-state index contributed by atoms with van der Waals surface area (Å²) in [7, 11) is 0. The topological polar surface area (TPSA) is 73.1 Å². The van der Waals surface area contributed by atoms with E-state index in [1.54, 1.807) is 0 Å². The molecule has 6 heteroatoms. The number of rotatable bonds is 3. The molecule has 0 bridgehead atoms. The van der Waals surface area contributed by atoms with E-state index in [-0.39, 0.29) is 17.3 Å². The lowest BCUT2D eigenvalue weighted by Gasteiger charge is -2.15. The lowest BCUT2D eigenvalue weighted by atomic mass is 10.2. The van der Waals surface area contributed by atoms with Crippen molar-refractivity contribution in [1.82, 2.24) is 9.97 Å². The first-order valence-corrected chi connectivity index (χ1v) is 6.16. The Morgan fingerprint density at radius 3 is 2.82 bits per heavy atom. The summed E-state index contributed by atoms with van der Waals surface area (Å²) >= 11 is 6.01. The second-order valence-corrected chi connectivity index (χ2v) is 4.79. The van der Waals surface area contributed by atoms with Crippen LogP contribution in [0.4, 0.5) is 11.5 Å². The molecule has 0 amide bonds. The zero-order valence-corrected chi connectivity index (χ0v) is 10.8. The molecular weight excluding hydrogens is 240 g/mol. The van der Waals surface area contributed by atoms with Crippen molar-refractivity contribution in [3.05, 3.63) is 11.0 Å². The van der Waals surface area contributed by atoms with Gasteiger partial charge in [0.25, 0.3) is 0 Å². The van der Waals surface area contributed by atoms with Gasteiger partial charge in [-0.3, -0.25) is 0 Å². The average Bonchev–Trinajstić information content (AvgIpc) is 2.77. The summed E-state index contributed by atoms with van der Waals surface area (Å²) in [6.07, 6.45) is 1.91. The van der Waals surface area contributed by atoms with E-state index >= 15 is 0 Å².